The van der Waals surface area contributed by atoms with E-state index in [1.807, 2.05) is 42.3 Å². The molecule has 6 heteroatoms. The Kier molecular flexibility index (Phi) is 4.00. The van der Waals surface area contributed by atoms with Crippen LogP contribution in [0.15, 0.2) is 42.9 Å². The average molecular weight is 373 g/mol. The number of fused-ring (bicyclic) bond motifs is 2. The zero-order chi connectivity index (χ0) is 19.1. The smallest absolute Gasteiger partial charge is 0.254 e. The maximum atomic E-state index is 13.5. The van der Waals surface area contributed by atoms with Gasteiger partial charge in [-0.05, 0) is 44.2 Å². The molecule has 2 aliphatic rings. The van der Waals surface area contributed by atoms with Crippen LogP contribution in [0, 0.1) is 6.92 Å². The summed E-state index contributed by atoms with van der Waals surface area (Å²) in [6.07, 6.45) is 9.59. The number of nitrogens with one attached hydrogen (secondary N) is 1. The second-order valence-corrected chi connectivity index (χ2v) is 7.89. The number of likely N-dealkylation sites (tertiary alicyclic amines) is 1. The van der Waals surface area contributed by atoms with Gasteiger partial charge in [-0.2, -0.15) is 0 Å². The van der Waals surface area contributed by atoms with Crippen LogP contribution in [0.1, 0.15) is 46.7 Å². The monoisotopic (exact) mass is 373 g/mol. The van der Waals surface area contributed by atoms with Crippen molar-refractivity contribution in [3.05, 3.63) is 65.5 Å². The Bertz CT molecular complexity index is 1030. The summed E-state index contributed by atoms with van der Waals surface area (Å²) in [5.74, 6) is 1.61. The molecule has 3 heterocycles. The van der Waals surface area contributed by atoms with E-state index in [2.05, 4.69) is 15.0 Å². The van der Waals surface area contributed by atoms with Gasteiger partial charge >= 0.3 is 0 Å². The van der Waals surface area contributed by atoms with E-state index < -0.39 is 0 Å². The molecule has 1 amide bonds. The molecular weight excluding hydrogens is 350 g/mol. The first kappa shape index (κ1) is 17.1. The van der Waals surface area contributed by atoms with Crippen molar-refractivity contribution in [1.29, 1.82) is 0 Å². The first-order chi connectivity index (χ1) is 13.7. The van der Waals surface area contributed by atoms with E-state index in [4.69, 9.17) is 4.98 Å². The fourth-order valence-electron chi connectivity index (χ4n) is 4.79. The van der Waals surface area contributed by atoms with Crippen molar-refractivity contribution >= 4 is 5.91 Å². The number of hydrogen-bond donors (Lipinski definition) is 1. The Morgan fingerprint density at radius 1 is 1.21 bits per heavy atom. The van der Waals surface area contributed by atoms with E-state index in [-0.39, 0.29) is 11.3 Å². The van der Waals surface area contributed by atoms with Crippen molar-refractivity contribution in [3.63, 3.8) is 0 Å². The van der Waals surface area contributed by atoms with E-state index in [0.29, 0.717) is 5.56 Å². The minimum atomic E-state index is -0.0312. The van der Waals surface area contributed by atoms with Crippen molar-refractivity contribution in [2.45, 2.75) is 38.0 Å². The molecule has 6 nitrogen and oxygen atoms in total. The number of aryl methyl sites for hydroxylation is 2. The normalized spacial score (nSPS) is 21.1. The van der Waals surface area contributed by atoms with E-state index in [1.54, 1.807) is 12.4 Å². The summed E-state index contributed by atoms with van der Waals surface area (Å²) in [6.45, 7) is 3.45. The van der Waals surface area contributed by atoms with Crippen molar-refractivity contribution in [1.82, 2.24) is 24.8 Å². The number of aromatic nitrogens is 4. The molecule has 3 aromatic rings. The number of nitrogens with zero attached hydrogens (tertiary/aromatic N) is 4. The third-order valence-electron chi connectivity index (χ3n) is 6.14. The van der Waals surface area contributed by atoms with Gasteiger partial charge in [-0.25, -0.2) is 15.0 Å². The van der Waals surface area contributed by atoms with Crippen LogP contribution in [0.25, 0.3) is 11.4 Å². The van der Waals surface area contributed by atoms with E-state index in [0.717, 1.165) is 61.7 Å². The number of benzene rings is 1. The number of rotatable bonds is 2. The Morgan fingerprint density at radius 2 is 2.11 bits per heavy atom. The Hall–Kier alpha value is -3.02. The van der Waals surface area contributed by atoms with Gasteiger partial charge in [-0.3, -0.25) is 4.79 Å². The lowest BCUT2D eigenvalue weighted by molar-refractivity contribution is 0.0634. The molecule has 1 saturated heterocycles. The largest absolute Gasteiger partial charge is 0.345 e. The topological polar surface area (TPSA) is 74.8 Å². The molecule has 2 aromatic heterocycles. The van der Waals surface area contributed by atoms with Crippen molar-refractivity contribution in [3.8, 4) is 11.4 Å². The van der Waals surface area contributed by atoms with Gasteiger partial charge in [0.25, 0.3) is 5.91 Å². The third-order valence-corrected chi connectivity index (χ3v) is 6.14. The van der Waals surface area contributed by atoms with Gasteiger partial charge in [-0.15, -0.1) is 0 Å². The maximum absolute atomic E-state index is 13.5. The number of carbonyl (C=O) groups excluding carboxylic acids is 1. The Balaban J connectivity index is 1.48. The average Bonchev–Trinajstić information content (AvgIpc) is 3.37. The summed E-state index contributed by atoms with van der Waals surface area (Å²) < 4.78 is 0. The highest BCUT2D eigenvalue weighted by Crippen LogP contribution is 2.44. The Morgan fingerprint density at radius 3 is 2.96 bits per heavy atom. The van der Waals surface area contributed by atoms with Gasteiger partial charge in [0.1, 0.15) is 11.6 Å². The fourth-order valence-corrected chi connectivity index (χ4v) is 4.79. The van der Waals surface area contributed by atoms with E-state index >= 15 is 0 Å². The summed E-state index contributed by atoms with van der Waals surface area (Å²) >= 11 is 0. The molecule has 0 saturated carbocycles. The summed E-state index contributed by atoms with van der Waals surface area (Å²) in [7, 11) is 0. The minimum absolute atomic E-state index is 0.0312. The SMILES string of the molecule is Cc1ncc2c(n1)C1(CCCN(C(=O)c3ccccc3-c3ncc[nH]3)C1)CC2. The molecule has 1 spiro atoms. The first-order valence-electron chi connectivity index (χ1n) is 9.87. The van der Waals surface area contributed by atoms with Gasteiger partial charge in [-0.1, -0.05) is 18.2 Å². The second-order valence-electron chi connectivity index (χ2n) is 7.89. The van der Waals surface area contributed by atoms with Gasteiger partial charge in [0, 0.05) is 42.7 Å². The van der Waals surface area contributed by atoms with Crippen LogP contribution in [0.5, 0.6) is 0 Å². The number of aromatic amines is 1. The lowest BCUT2D eigenvalue weighted by Gasteiger charge is -2.40. The van der Waals surface area contributed by atoms with Crippen molar-refractivity contribution in [2.24, 2.45) is 0 Å². The summed E-state index contributed by atoms with van der Waals surface area (Å²) in [6, 6.07) is 7.71. The standard InChI is InChI=1S/C22H23N5O/c1-15-25-13-16-7-9-22(19(16)26-15)8-4-12-27(14-22)21(28)18-6-3-2-5-17(18)20-23-10-11-24-20/h2-3,5-6,10-11,13H,4,7-9,12,14H2,1H3,(H,23,24). The minimum Gasteiger partial charge on any atom is -0.345 e. The second kappa shape index (κ2) is 6.55. The molecule has 1 fully saturated rings. The molecule has 0 radical (unpaired) electrons. The molecule has 28 heavy (non-hydrogen) atoms. The zero-order valence-corrected chi connectivity index (χ0v) is 16.0. The van der Waals surface area contributed by atoms with Crippen LogP contribution < -0.4 is 0 Å². The number of carbonyl (C=O) groups is 1. The van der Waals surface area contributed by atoms with Crippen molar-refractivity contribution in [2.75, 3.05) is 13.1 Å². The van der Waals surface area contributed by atoms with Crippen LogP contribution in [0.2, 0.25) is 0 Å². The number of hydrogen-bond acceptors (Lipinski definition) is 4. The van der Waals surface area contributed by atoms with Crippen molar-refractivity contribution < 1.29 is 4.79 Å². The molecule has 1 aromatic carbocycles. The highest BCUT2D eigenvalue weighted by molar-refractivity contribution is 6.00. The predicted molar refractivity (Wildman–Crippen MR) is 106 cm³/mol. The molecule has 1 aliphatic heterocycles. The molecule has 1 unspecified atom stereocenters. The number of imidazole rings is 1. The van der Waals surface area contributed by atoms with E-state index in [9.17, 15) is 4.79 Å². The van der Waals surface area contributed by atoms with E-state index in [1.165, 1.54) is 5.56 Å². The highest BCUT2D eigenvalue weighted by Gasteiger charge is 2.44. The van der Waals surface area contributed by atoms with Gasteiger partial charge in [0.05, 0.1) is 11.3 Å². The molecular formula is C22H23N5O. The summed E-state index contributed by atoms with van der Waals surface area (Å²) in [4.78, 5) is 32.1. The van der Waals surface area contributed by atoms with Gasteiger partial charge < -0.3 is 9.88 Å². The molecule has 5 rings (SSSR count). The summed E-state index contributed by atoms with van der Waals surface area (Å²) in [5, 5.41) is 0. The molecule has 1 aliphatic carbocycles. The van der Waals surface area contributed by atoms with Gasteiger partial charge in [0.2, 0.25) is 0 Å². The number of H-pyrrole nitrogens is 1. The first-order valence-corrected chi connectivity index (χ1v) is 9.87. The summed E-state index contributed by atoms with van der Waals surface area (Å²) in [5.41, 5.74) is 3.93. The molecule has 142 valence electrons. The third kappa shape index (κ3) is 2.71. The highest BCUT2D eigenvalue weighted by atomic mass is 16.2. The van der Waals surface area contributed by atoms with Crippen LogP contribution >= 0.6 is 0 Å². The lowest BCUT2D eigenvalue weighted by Crippen LogP contribution is -2.48. The van der Waals surface area contributed by atoms with Crippen LogP contribution in [-0.4, -0.2) is 43.8 Å². The van der Waals surface area contributed by atoms with Gasteiger partial charge in [0.15, 0.2) is 0 Å². The number of piperidine rings is 1. The van der Waals surface area contributed by atoms with Crippen LogP contribution in [0.4, 0.5) is 0 Å². The quantitative estimate of drug-likeness (QED) is 0.748. The van der Waals surface area contributed by atoms with Crippen LogP contribution in [0.3, 0.4) is 0 Å². The lowest BCUT2D eigenvalue weighted by atomic mass is 9.77. The predicted octanol–water partition coefficient (Wildman–Crippen LogP) is 3.30. The maximum Gasteiger partial charge on any atom is 0.254 e. The molecule has 1 atom stereocenters. The number of amides is 1. The molecule has 0 bridgehead atoms. The Labute approximate surface area is 164 Å². The molecule has 1 N–H and O–H groups in total. The zero-order valence-electron chi connectivity index (χ0n) is 16.0. The van der Waals surface area contributed by atoms with Crippen LogP contribution in [-0.2, 0) is 11.8 Å². The fraction of sp³-hybridized carbons (Fsp3) is 0.364.